The predicted molar refractivity (Wildman–Crippen MR) is 106 cm³/mol. The first-order chi connectivity index (χ1) is 13.9. The van der Waals surface area contributed by atoms with Gasteiger partial charge in [-0.2, -0.15) is 0 Å². The molecule has 0 saturated heterocycles. The summed E-state index contributed by atoms with van der Waals surface area (Å²) in [5.74, 6) is 2.20. The Morgan fingerprint density at radius 2 is 1.62 bits per heavy atom. The molecule has 0 spiro atoms. The molecule has 0 saturated carbocycles. The van der Waals surface area contributed by atoms with Crippen LogP contribution in [0.5, 0.6) is 34.5 Å². The molecule has 2 aromatic rings. The van der Waals surface area contributed by atoms with E-state index in [-0.39, 0.29) is 30.1 Å². The lowest BCUT2D eigenvalue weighted by Crippen LogP contribution is -2.22. The number of methoxy groups -OCH3 is 3. The second kappa shape index (κ2) is 7.22. The lowest BCUT2D eigenvalue weighted by atomic mass is 9.76. The lowest BCUT2D eigenvalue weighted by molar-refractivity contribution is 0.0864. The molecule has 2 aromatic carbocycles. The molecular formula is C22H26O7. The first-order valence-corrected chi connectivity index (χ1v) is 9.58. The van der Waals surface area contributed by atoms with E-state index in [1.807, 2.05) is 13.0 Å². The Labute approximate surface area is 169 Å². The van der Waals surface area contributed by atoms with Crippen LogP contribution in [0.4, 0.5) is 0 Å². The van der Waals surface area contributed by atoms with Crippen LogP contribution in [0.3, 0.4) is 0 Å². The molecule has 4 rings (SSSR count). The summed E-state index contributed by atoms with van der Waals surface area (Å²) in [6.45, 7) is 4.18. The second-order valence-corrected chi connectivity index (χ2v) is 7.59. The topological polar surface area (TPSA) is 86.6 Å². The summed E-state index contributed by atoms with van der Waals surface area (Å²) in [6.07, 6.45) is -0.112. The zero-order valence-electron chi connectivity index (χ0n) is 17.2. The summed E-state index contributed by atoms with van der Waals surface area (Å²) < 4.78 is 28.1. The van der Waals surface area contributed by atoms with Gasteiger partial charge >= 0.3 is 0 Å². The Kier molecular flexibility index (Phi) is 4.86. The van der Waals surface area contributed by atoms with Gasteiger partial charge in [-0.25, -0.2) is 0 Å². The van der Waals surface area contributed by atoms with E-state index in [4.69, 9.17) is 23.7 Å². The molecule has 1 aliphatic carbocycles. The molecule has 1 heterocycles. The highest BCUT2D eigenvalue weighted by atomic mass is 16.7. The van der Waals surface area contributed by atoms with Crippen molar-refractivity contribution in [2.75, 3.05) is 28.1 Å². The Balaban J connectivity index is 2.16. The summed E-state index contributed by atoms with van der Waals surface area (Å²) >= 11 is 0. The summed E-state index contributed by atoms with van der Waals surface area (Å²) in [5.41, 5.74) is 2.92. The van der Waals surface area contributed by atoms with Gasteiger partial charge in [0.25, 0.3) is 0 Å². The fraction of sp³-hybridized carbons (Fsp3) is 0.455. The zero-order chi connectivity index (χ0) is 20.9. The SMILES string of the molecule is COc1c(O)cc2c(c1OC)-c1c(cc3c(c1OC)OCO3)[C@H](O)[C@H](C)[C@H](C)C2. The summed E-state index contributed by atoms with van der Waals surface area (Å²) in [5, 5.41) is 21.8. The molecule has 7 heteroatoms. The van der Waals surface area contributed by atoms with Gasteiger partial charge < -0.3 is 33.9 Å². The standard InChI is InChI=1S/C22H26O7/c1-10-6-12-7-14(23)19(25-3)21(26-4)16(12)17-13(18(24)11(10)2)8-15-20(22(17)27-5)29-9-28-15/h7-8,10-11,18,23-24H,6,9H2,1-5H3/t10-,11-,18-/m1/s1. The lowest BCUT2D eigenvalue weighted by Gasteiger charge is -2.33. The molecule has 0 amide bonds. The number of hydrogen-bond acceptors (Lipinski definition) is 7. The van der Waals surface area contributed by atoms with E-state index in [2.05, 4.69) is 6.92 Å². The highest BCUT2D eigenvalue weighted by Crippen LogP contribution is 2.57. The van der Waals surface area contributed by atoms with Gasteiger partial charge in [0.1, 0.15) is 0 Å². The number of hydrogen-bond donors (Lipinski definition) is 2. The van der Waals surface area contributed by atoms with Crippen LogP contribution in [0.2, 0.25) is 0 Å². The number of rotatable bonds is 3. The largest absolute Gasteiger partial charge is 0.504 e. The van der Waals surface area contributed by atoms with Crippen molar-refractivity contribution < 1.29 is 33.9 Å². The van der Waals surface area contributed by atoms with Gasteiger partial charge in [0.2, 0.25) is 18.3 Å². The van der Waals surface area contributed by atoms with Gasteiger partial charge in [0, 0.05) is 11.1 Å². The van der Waals surface area contributed by atoms with E-state index in [0.717, 1.165) is 5.56 Å². The normalized spacial score (nSPS) is 22.2. The first-order valence-electron chi connectivity index (χ1n) is 9.58. The maximum atomic E-state index is 11.3. The Bertz CT molecular complexity index is 953. The maximum absolute atomic E-state index is 11.3. The third kappa shape index (κ3) is 2.83. The number of phenolic OH excluding ortho intramolecular Hbond substituents is 1. The van der Waals surface area contributed by atoms with Gasteiger partial charge in [-0.05, 0) is 41.5 Å². The van der Waals surface area contributed by atoms with Crippen molar-refractivity contribution in [3.63, 3.8) is 0 Å². The zero-order valence-corrected chi connectivity index (χ0v) is 17.2. The van der Waals surface area contributed by atoms with Crippen molar-refractivity contribution in [2.45, 2.75) is 26.4 Å². The monoisotopic (exact) mass is 402 g/mol. The van der Waals surface area contributed by atoms with E-state index in [9.17, 15) is 10.2 Å². The summed E-state index contributed by atoms with van der Waals surface area (Å²) in [4.78, 5) is 0. The molecule has 0 unspecified atom stereocenters. The van der Waals surface area contributed by atoms with Crippen LogP contribution in [0.15, 0.2) is 12.1 Å². The van der Waals surface area contributed by atoms with Gasteiger partial charge in [-0.1, -0.05) is 13.8 Å². The van der Waals surface area contributed by atoms with E-state index in [1.54, 1.807) is 13.2 Å². The maximum Gasteiger partial charge on any atom is 0.231 e. The molecule has 0 aromatic heterocycles. The Morgan fingerprint density at radius 1 is 0.931 bits per heavy atom. The molecule has 0 radical (unpaired) electrons. The highest BCUT2D eigenvalue weighted by molar-refractivity contribution is 5.88. The molecule has 2 N–H and O–H groups in total. The van der Waals surface area contributed by atoms with E-state index in [1.165, 1.54) is 14.2 Å². The predicted octanol–water partition coefficient (Wildman–Crippen LogP) is 3.68. The van der Waals surface area contributed by atoms with Crippen LogP contribution < -0.4 is 23.7 Å². The average molecular weight is 402 g/mol. The number of aliphatic hydroxyl groups is 1. The fourth-order valence-electron chi connectivity index (χ4n) is 4.35. The number of fused-ring (bicyclic) bond motifs is 4. The van der Waals surface area contributed by atoms with E-state index < -0.39 is 6.10 Å². The van der Waals surface area contributed by atoms with E-state index in [0.29, 0.717) is 46.1 Å². The number of benzene rings is 2. The fourth-order valence-corrected chi connectivity index (χ4v) is 4.35. The van der Waals surface area contributed by atoms with Crippen LogP contribution in [0.1, 0.15) is 31.1 Å². The van der Waals surface area contributed by atoms with Gasteiger partial charge in [0.05, 0.1) is 27.4 Å². The van der Waals surface area contributed by atoms with Crippen LogP contribution in [-0.2, 0) is 6.42 Å². The van der Waals surface area contributed by atoms with Crippen LogP contribution in [0.25, 0.3) is 11.1 Å². The summed E-state index contributed by atoms with van der Waals surface area (Å²) in [6, 6.07) is 3.51. The van der Waals surface area contributed by atoms with Crippen molar-refractivity contribution in [3.8, 4) is 45.6 Å². The minimum atomic E-state index is -0.749. The first kappa shape index (κ1) is 19.5. The van der Waals surface area contributed by atoms with Crippen molar-refractivity contribution in [3.05, 3.63) is 23.3 Å². The summed E-state index contributed by atoms with van der Waals surface area (Å²) in [7, 11) is 4.56. The number of aromatic hydroxyl groups is 1. The third-order valence-electron chi connectivity index (χ3n) is 6.07. The van der Waals surface area contributed by atoms with Crippen LogP contribution in [0, 0.1) is 11.8 Å². The Hall–Kier alpha value is -2.80. The highest BCUT2D eigenvalue weighted by Gasteiger charge is 2.37. The van der Waals surface area contributed by atoms with Gasteiger partial charge in [0.15, 0.2) is 23.0 Å². The number of ether oxygens (including phenoxy) is 5. The van der Waals surface area contributed by atoms with Gasteiger partial charge in [-0.15, -0.1) is 0 Å². The average Bonchev–Trinajstić information content (AvgIpc) is 3.18. The van der Waals surface area contributed by atoms with Crippen LogP contribution in [-0.4, -0.2) is 38.3 Å². The smallest absolute Gasteiger partial charge is 0.231 e. The quantitative estimate of drug-likeness (QED) is 0.810. The van der Waals surface area contributed by atoms with E-state index >= 15 is 0 Å². The third-order valence-corrected chi connectivity index (χ3v) is 6.07. The molecule has 3 atom stereocenters. The number of phenols is 1. The van der Waals surface area contributed by atoms with Crippen LogP contribution >= 0.6 is 0 Å². The second-order valence-electron chi connectivity index (χ2n) is 7.59. The molecule has 156 valence electrons. The van der Waals surface area contributed by atoms with Crippen molar-refractivity contribution in [2.24, 2.45) is 11.8 Å². The molecule has 0 fully saturated rings. The minimum Gasteiger partial charge on any atom is -0.504 e. The number of aliphatic hydroxyl groups excluding tert-OH is 1. The Morgan fingerprint density at radius 3 is 2.28 bits per heavy atom. The van der Waals surface area contributed by atoms with Crippen molar-refractivity contribution in [1.82, 2.24) is 0 Å². The molecule has 29 heavy (non-hydrogen) atoms. The van der Waals surface area contributed by atoms with Crippen molar-refractivity contribution >= 4 is 0 Å². The molecule has 2 aliphatic rings. The van der Waals surface area contributed by atoms with Gasteiger partial charge in [-0.3, -0.25) is 0 Å². The van der Waals surface area contributed by atoms with Crippen molar-refractivity contribution in [1.29, 1.82) is 0 Å². The molecular weight excluding hydrogens is 376 g/mol. The molecule has 0 bridgehead atoms. The minimum absolute atomic E-state index is 0.00494. The molecule has 7 nitrogen and oxygen atoms in total. The molecule has 1 aliphatic heterocycles.